The molecule has 1 saturated heterocycles. The number of halogens is 1. The van der Waals surface area contributed by atoms with E-state index in [9.17, 15) is 9.59 Å². The summed E-state index contributed by atoms with van der Waals surface area (Å²) in [5.74, 6) is -0.312. The van der Waals surface area contributed by atoms with Crippen LogP contribution < -0.4 is 5.32 Å². The molecule has 1 aromatic carbocycles. The highest BCUT2D eigenvalue weighted by Crippen LogP contribution is 2.29. The SMILES string of the molecule is CC1(c2ccc(Cl)cc2)NC(=O)N(CCCO)C1=O. The maximum atomic E-state index is 12.4. The van der Waals surface area contributed by atoms with E-state index >= 15 is 0 Å². The first-order valence-corrected chi connectivity index (χ1v) is 6.38. The normalized spacial score (nSPS) is 22.8. The lowest BCUT2D eigenvalue weighted by Gasteiger charge is -2.22. The Hall–Kier alpha value is -1.59. The molecule has 0 spiro atoms. The molecule has 1 unspecified atom stereocenters. The molecule has 1 atom stereocenters. The number of hydrogen-bond acceptors (Lipinski definition) is 3. The molecule has 0 radical (unpaired) electrons. The highest BCUT2D eigenvalue weighted by Gasteiger charge is 2.48. The molecule has 3 amide bonds. The van der Waals surface area contributed by atoms with Crippen molar-refractivity contribution >= 4 is 23.5 Å². The summed E-state index contributed by atoms with van der Waals surface area (Å²) in [5.41, 5.74) is -0.390. The van der Waals surface area contributed by atoms with Gasteiger partial charge >= 0.3 is 6.03 Å². The Morgan fingerprint density at radius 3 is 2.53 bits per heavy atom. The number of aliphatic hydroxyl groups is 1. The van der Waals surface area contributed by atoms with E-state index in [2.05, 4.69) is 5.32 Å². The Labute approximate surface area is 116 Å². The van der Waals surface area contributed by atoms with Crippen LogP contribution in [0.15, 0.2) is 24.3 Å². The molecule has 0 bridgehead atoms. The van der Waals surface area contributed by atoms with E-state index in [0.717, 1.165) is 4.90 Å². The molecule has 0 aliphatic carbocycles. The summed E-state index contributed by atoms with van der Waals surface area (Å²) in [7, 11) is 0. The number of hydrogen-bond donors (Lipinski definition) is 2. The minimum atomic E-state index is -1.07. The van der Waals surface area contributed by atoms with Crippen LogP contribution in [0.25, 0.3) is 0 Å². The van der Waals surface area contributed by atoms with Crippen LogP contribution in [-0.2, 0) is 10.3 Å². The van der Waals surface area contributed by atoms with Crippen LogP contribution in [0.5, 0.6) is 0 Å². The summed E-state index contributed by atoms with van der Waals surface area (Å²) in [6.45, 7) is 1.81. The lowest BCUT2D eigenvalue weighted by atomic mass is 9.92. The van der Waals surface area contributed by atoms with E-state index < -0.39 is 11.6 Å². The van der Waals surface area contributed by atoms with Crippen LogP contribution >= 0.6 is 11.6 Å². The predicted molar refractivity (Wildman–Crippen MR) is 70.8 cm³/mol. The van der Waals surface area contributed by atoms with Crippen LogP contribution in [0.3, 0.4) is 0 Å². The van der Waals surface area contributed by atoms with Crippen molar-refractivity contribution in [1.29, 1.82) is 0 Å². The zero-order valence-electron chi connectivity index (χ0n) is 10.5. The molecule has 0 aromatic heterocycles. The summed E-state index contributed by atoms with van der Waals surface area (Å²) in [4.78, 5) is 25.3. The number of benzene rings is 1. The van der Waals surface area contributed by atoms with Gasteiger partial charge in [-0.15, -0.1) is 0 Å². The number of imide groups is 1. The second-order valence-corrected chi connectivity index (χ2v) is 5.03. The number of nitrogens with zero attached hydrogens (tertiary/aromatic N) is 1. The number of carbonyl (C=O) groups excluding carboxylic acids is 2. The second kappa shape index (κ2) is 5.19. The maximum absolute atomic E-state index is 12.4. The van der Waals surface area contributed by atoms with E-state index in [-0.39, 0.29) is 19.1 Å². The van der Waals surface area contributed by atoms with Crippen molar-refractivity contribution in [2.75, 3.05) is 13.2 Å². The molecule has 1 aromatic rings. The first-order valence-electron chi connectivity index (χ1n) is 6.00. The largest absolute Gasteiger partial charge is 0.396 e. The van der Waals surface area contributed by atoms with E-state index in [1.54, 1.807) is 31.2 Å². The highest BCUT2D eigenvalue weighted by atomic mass is 35.5. The quantitative estimate of drug-likeness (QED) is 0.822. The lowest BCUT2D eigenvalue weighted by Crippen LogP contribution is -2.41. The van der Waals surface area contributed by atoms with Crippen molar-refractivity contribution in [3.05, 3.63) is 34.9 Å². The maximum Gasteiger partial charge on any atom is 0.325 e. The van der Waals surface area contributed by atoms with E-state index in [4.69, 9.17) is 16.7 Å². The fourth-order valence-corrected chi connectivity index (χ4v) is 2.23. The van der Waals surface area contributed by atoms with E-state index in [0.29, 0.717) is 17.0 Å². The van der Waals surface area contributed by atoms with Gasteiger partial charge in [0, 0.05) is 18.2 Å². The van der Waals surface area contributed by atoms with Gasteiger partial charge in [-0.3, -0.25) is 9.69 Å². The van der Waals surface area contributed by atoms with Crippen molar-refractivity contribution in [3.63, 3.8) is 0 Å². The van der Waals surface area contributed by atoms with E-state index in [1.165, 1.54) is 0 Å². The van der Waals surface area contributed by atoms with Crippen molar-refractivity contribution in [2.24, 2.45) is 0 Å². The van der Waals surface area contributed by atoms with Crippen molar-refractivity contribution < 1.29 is 14.7 Å². The average Bonchev–Trinajstić information content (AvgIpc) is 2.60. The van der Waals surface area contributed by atoms with Gasteiger partial charge in [0.1, 0.15) is 5.54 Å². The number of amides is 3. The zero-order chi connectivity index (χ0) is 14.0. The number of rotatable bonds is 4. The van der Waals surface area contributed by atoms with Crippen LogP contribution in [0.4, 0.5) is 4.79 Å². The smallest absolute Gasteiger partial charge is 0.325 e. The average molecular weight is 283 g/mol. The molecule has 6 heteroatoms. The van der Waals surface area contributed by atoms with Gasteiger partial charge in [0.2, 0.25) is 0 Å². The number of carbonyl (C=O) groups is 2. The molecule has 1 fully saturated rings. The summed E-state index contributed by atoms with van der Waals surface area (Å²) in [6.07, 6.45) is 0.371. The van der Waals surface area contributed by atoms with Crippen LogP contribution in [0.2, 0.25) is 5.02 Å². The lowest BCUT2D eigenvalue weighted by molar-refractivity contribution is -0.131. The van der Waals surface area contributed by atoms with Gasteiger partial charge in [-0.2, -0.15) is 0 Å². The molecule has 1 aliphatic heterocycles. The zero-order valence-corrected chi connectivity index (χ0v) is 11.3. The van der Waals surface area contributed by atoms with Gasteiger partial charge in [0.15, 0.2) is 0 Å². The molecule has 1 heterocycles. The van der Waals surface area contributed by atoms with Gasteiger partial charge in [0.25, 0.3) is 5.91 Å². The first kappa shape index (κ1) is 13.8. The third-order valence-corrected chi connectivity index (χ3v) is 3.49. The minimum absolute atomic E-state index is 0.0608. The molecule has 2 N–H and O–H groups in total. The van der Waals surface area contributed by atoms with Gasteiger partial charge in [-0.05, 0) is 31.0 Å². The minimum Gasteiger partial charge on any atom is -0.396 e. The summed E-state index contributed by atoms with van der Waals surface area (Å²) in [6, 6.07) is 6.36. The van der Waals surface area contributed by atoms with Crippen LogP contribution in [-0.4, -0.2) is 35.1 Å². The van der Waals surface area contributed by atoms with E-state index in [1.807, 2.05) is 0 Å². The molecule has 0 saturated carbocycles. The van der Waals surface area contributed by atoms with Crippen LogP contribution in [0, 0.1) is 0 Å². The number of nitrogens with one attached hydrogen (secondary N) is 1. The monoisotopic (exact) mass is 282 g/mol. The van der Waals surface area contributed by atoms with Crippen molar-refractivity contribution in [1.82, 2.24) is 10.2 Å². The van der Waals surface area contributed by atoms with Gasteiger partial charge in [0.05, 0.1) is 0 Å². The van der Waals surface area contributed by atoms with Crippen LogP contribution in [0.1, 0.15) is 18.9 Å². The molecule has 2 rings (SSSR count). The van der Waals surface area contributed by atoms with Crippen molar-refractivity contribution in [2.45, 2.75) is 18.9 Å². The number of urea groups is 1. The topological polar surface area (TPSA) is 69.6 Å². The standard InChI is InChI=1S/C13H15ClN2O3/c1-13(9-3-5-10(14)6-4-9)11(18)16(7-2-8-17)12(19)15-13/h3-6,17H,2,7-8H2,1H3,(H,15,19). The fraction of sp³-hybridized carbons (Fsp3) is 0.385. The molecular formula is C13H15ClN2O3. The fourth-order valence-electron chi connectivity index (χ4n) is 2.11. The molecule has 19 heavy (non-hydrogen) atoms. The Balaban J connectivity index is 2.27. The Morgan fingerprint density at radius 2 is 1.95 bits per heavy atom. The Bertz CT molecular complexity index is 503. The molecule has 5 nitrogen and oxygen atoms in total. The highest BCUT2D eigenvalue weighted by molar-refractivity contribution is 6.30. The second-order valence-electron chi connectivity index (χ2n) is 4.60. The summed E-state index contributed by atoms with van der Waals surface area (Å²) in [5, 5.41) is 12.1. The Morgan fingerprint density at radius 1 is 1.32 bits per heavy atom. The Kier molecular flexibility index (Phi) is 3.78. The first-order chi connectivity index (χ1) is 8.99. The predicted octanol–water partition coefficient (Wildman–Crippen LogP) is 1.49. The summed E-state index contributed by atoms with van der Waals surface area (Å²) >= 11 is 5.82. The summed E-state index contributed by atoms with van der Waals surface area (Å²) < 4.78 is 0. The molecular weight excluding hydrogens is 268 g/mol. The van der Waals surface area contributed by atoms with Crippen molar-refractivity contribution in [3.8, 4) is 0 Å². The number of aliphatic hydroxyl groups excluding tert-OH is 1. The molecule has 102 valence electrons. The third kappa shape index (κ3) is 2.43. The van der Waals surface area contributed by atoms with Gasteiger partial charge < -0.3 is 10.4 Å². The van der Waals surface area contributed by atoms with Gasteiger partial charge in [-0.1, -0.05) is 23.7 Å². The molecule has 1 aliphatic rings. The third-order valence-electron chi connectivity index (χ3n) is 3.24. The van der Waals surface area contributed by atoms with Gasteiger partial charge in [-0.25, -0.2) is 4.79 Å².